The molecule has 0 N–H and O–H groups in total. The van der Waals surface area contributed by atoms with Gasteiger partial charge >= 0.3 is 0 Å². The number of aryl methyl sites for hydroxylation is 1. The number of nitrogens with zero attached hydrogens (tertiary/aromatic N) is 2. The van der Waals surface area contributed by atoms with E-state index in [1.165, 1.54) is 18.6 Å². The number of halogens is 1. The molecular weight excluding hydrogens is 423 g/mol. The van der Waals surface area contributed by atoms with Crippen LogP contribution in [0.1, 0.15) is 61.6 Å². The topological polar surface area (TPSA) is 33.2 Å². The number of pyridine rings is 1. The SMILES string of the molecule is CCC.CCCCc1ccc(CN(C(=O)c2ccc3ccccc3c2)c2ccc(F)cc2)cn1. The van der Waals surface area contributed by atoms with Gasteiger partial charge in [-0.25, -0.2) is 4.39 Å². The number of rotatable bonds is 7. The molecule has 1 aromatic heterocycles. The molecule has 4 rings (SSSR count). The predicted octanol–water partition coefficient (Wildman–Crippen LogP) is 7.98. The number of carbonyl (C=O) groups excluding carboxylic acids is 1. The molecule has 34 heavy (non-hydrogen) atoms. The summed E-state index contributed by atoms with van der Waals surface area (Å²) in [7, 11) is 0. The van der Waals surface area contributed by atoms with Crippen LogP contribution in [0.5, 0.6) is 0 Å². The summed E-state index contributed by atoms with van der Waals surface area (Å²) in [6.45, 7) is 6.77. The maximum atomic E-state index is 13.5. The molecule has 0 atom stereocenters. The van der Waals surface area contributed by atoms with Crippen molar-refractivity contribution in [3.8, 4) is 0 Å². The minimum Gasteiger partial charge on any atom is -0.304 e. The molecule has 176 valence electrons. The van der Waals surface area contributed by atoms with Crippen LogP contribution in [0, 0.1) is 5.82 Å². The van der Waals surface area contributed by atoms with E-state index in [1.54, 1.807) is 17.0 Å². The average molecular weight is 457 g/mol. The zero-order chi connectivity index (χ0) is 24.3. The number of amides is 1. The van der Waals surface area contributed by atoms with E-state index in [-0.39, 0.29) is 11.7 Å². The van der Waals surface area contributed by atoms with Gasteiger partial charge in [0.25, 0.3) is 5.91 Å². The van der Waals surface area contributed by atoms with Crippen molar-refractivity contribution in [1.29, 1.82) is 0 Å². The van der Waals surface area contributed by atoms with Crippen LogP contribution in [0.2, 0.25) is 0 Å². The lowest BCUT2D eigenvalue weighted by atomic mass is 10.1. The van der Waals surface area contributed by atoms with Crippen molar-refractivity contribution in [2.75, 3.05) is 4.90 Å². The van der Waals surface area contributed by atoms with Crippen molar-refractivity contribution in [1.82, 2.24) is 4.98 Å². The summed E-state index contributed by atoms with van der Waals surface area (Å²) in [4.78, 5) is 19.7. The summed E-state index contributed by atoms with van der Waals surface area (Å²) in [6, 6.07) is 23.7. The molecule has 0 spiro atoms. The maximum absolute atomic E-state index is 13.5. The second kappa shape index (κ2) is 12.6. The van der Waals surface area contributed by atoms with Crippen molar-refractivity contribution in [3.63, 3.8) is 0 Å². The van der Waals surface area contributed by atoms with Crippen LogP contribution in [0.15, 0.2) is 85.1 Å². The summed E-state index contributed by atoms with van der Waals surface area (Å²) in [5.74, 6) is -0.462. The van der Waals surface area contributed by atoms with E-state index in [2.05, 4.69) is 25.8 Å². The number of carbonyl (C=O) groups is 1. The molecule has 1 heterocycles. The smallest absolute Gasteiger partial charge is 0.258 e. The second-order valence-electron chi connectivity index (χ2n) is 8.40. The van der Waals surface area contributed by atoms with Gasteiger partial charge in [0, 0.05) is 23.1 Å². The Labute approximate surface area is 202 Å². The lowest BCUT2D eigenvalue weighted by Gasteiger charge is -2.23. The number of aromatic nitrogens is 1. The largest absolute Gasteiger partial charge is 0.304 e. The minimum absolute atomic E-state index is 0.132. The molecule has 0 aliphatic heterocycles. The summed E-state index contributed by atoms with van der Waals surface area (Å²) in [5.41, 5.74) is 3.23. The first kappa shape index (κ1) is 25.1. The Balaban J connectivity index is 0.00000103. The summed E-state index contributed by atoms with van der Waals surface area (Å²) in [6.07, 6.45) is 6.26. The lowest BCUT2D eigenvalue weighted by Crippen LogP contribution is -2.30. The van der Waals surface area contributed by atoms with Crippen LogP contribution in [0.25, 0.3) is 10.8 Å². The standard InChI is InChI=1S/C27H25FN2O.C3H8/c1-2-3-8-25-14-9-20(18-29-25)19-30(26-15-12-24(28)13-16-26)27(31)23-11-10-21-6-4-5-7-22(21)17-23;1-3-2/h4-7,9-18H,2-3,8,19H2,1H3;3H2,1-2H3. The molecule has 0 aliphatic carbocycles. The van der Waals surface area contributed by atoms with Crippen molar-refractivity contribution in [3.05, 3.63) is 108 Å². The Morgan fingerprint density at radius 2 is 1.59 bits per heavy atom. The molecule has 0 unspecified atom stereocenters. The fourth-order valence-electron chi connectivity index (χ4n) is 3.62. The molecule has 1 amide bonds. The van der Waals surface area contributed by atoms with Crippen molar-refractivity contribution in [2.24, 2.45) is 0 Å². The quantitative estimate of drug-likeness (QED) is 0.282. The van der Waals surface area contributed by atoms with Crippen LogP contribution in [0.3, 0.4) is 0 Å². The molecule has 0 saturated carbocycles. The molecule has 3 nitrogen and oxygen atoms in total. The van der Waals surface area contributed by atoms with E-state index in [0.717, 1.165) is 41.3 Å². The molecule has 4 aromatic rings. The van der Waals surface area contributed by atoms with Crippen LogP contribution in [-0.4, -0.2) is 10.9 Å². The van der Waals surface area contributed by atoms with Gasteiger partial charge in [-0.1, -0.05) is 70.0 Å². The zero-order valence-corrected chi connectivity index (χ0v) is 20.3. The molecule has 0 fully saturated rings. The Hall–Kier alpha value is -3.53. The normalized spacial score (nSPS) is 10.5. The Bertz CT molecular complexity index is 1190. The van der Waals surface area contributed by atoms with Gasteiger partial charge < -0.3 is 4.90 Å². The third-order valence-corrected chi connectivity index (χ3v) is 5.39. The van der Waals surface area contributed by atoms with E-state index in [1.807, 2.05) is 60.8 Å². The first-order valence-corrected chi connectivity index (χ1v) is 12.1. The zero-order valence-electron chi connectivity index (χ0n) is 20.3. The third kappa shape index (κ3) is 6.74. The minimum atomic E-state index is -0.330. The molecule has 0 saturated heterocycles. The van der Waals surface area contributed by atoms with Gasteiger partial charge in [0.1, 0.15) is 5.82 Å². The second-order valence-corrected chi connectivity index (χ2v) is 8.40. The monoisotopic (exact) mass is 456 g/mol. The molecule has 0 radical (unpaired) electrons. The molecule has 0 aliphatic rings. The van der Waals surface area contributed by atoms with Gasteiger partial charge in [0.15, 0.2) is 0 Å². The fourth-order valence-corrected chi connectivity index (χ4v) is 3.62. The van der Waals surface area contributed by atoms with Gasteiger partial charge in [-0.3, -0.25) is 9.78 Å². The van der Waals surface area contributed by atoms with E-state index in [4.69, 9.17) is 0 Å². The van der Waals surface area contributed by atoms with Gasteiger partial charge in [-0.05, 0) is 71.6 Å². The molecular formula is C30H33FN2O. The summed E-state index contributed by atoms with van der Waals surface area (Å²) >= 11 is 0. The summed E-state index contributed by atoms with van der Waals surface area (Å²) < 4.78 is 13.5. The van der Waals surface area contributed by atoms with Gasteiger partial charge in [0.2, 0.25) is 0 Å². The van der Waals surface area contributed by atoms with Gasteiger partial charge in [0.05, 0.1) is 6.54 Å². The van der Waals surface area contributed by atoms with Crippen molar-refractivity contribution in [2.45, 2.75) is 53.0 Å². The fraction of sp³-hybridized carbons (Fsp3) is 0.267. The van der Waals surface area contributed by atoms with Crippen molar-refractivity contribution >= 4 is 22.4 Å². The number of hydrogen-bond donors (Lipinski definition) is 0. The van der Waals surface area contributed by atoms with Crippen LogP contribution >= 0.6 is 0 Å². The van der Waals surface area contributed by atoms with Gasteiger partial charge in [-0.2, -0.15) is 0 Å². The van der Waals surface area contributed by atoms with E-state index in [9.17, 15) is 9.18 Å². The average Bonchev–Trinajstić information content (AvgIpc) is 2.87. The Morgan fingerprint density at radius 3 is 2.24 bits per heavy atom. The van der Waals surface area contributed by atoms with Crippen LogP contribution < -0.4 is 4.90 Å². The molecule has 4 heteroatoms. The molecule has 0 bridgehead atoms. The van der Waals surface area contributed by atoms with E-state index < -0.39 is 0 Å². The van der Waals surface area contributed by atoms with E-state index in [0.29, 0.717) is 17.8 Å². The Morgan fingerprint density at radius 1 is 0.882 bits per heavy atom. The predicted molar refractivity (Wildman–Crippen MR) is 140 cm³/mol. The van der Waals surface area contributed by atoms with Crippen LogP contribution in [-0.2, 0) is 13.0 Å². The molecule has 3 aromatic carbocycles. The highest BCUT2D eigenvalue weighted by atomic mass is 19.1. The number of hydrogen-bond acceptors (Lipinski definition) is 2. The lowest BCUT2D eigenvalue weighted by molar-refractivity contribution is 0.0985. The highest BCUT2D eigenvalue weighted by Crippen LogP contribution is 2.23. The van der Waals surface area contributed by atoms with Gasteiger partial charge in [-0.15, -0.1) is 0 Å². The first-order chi connectivity index (χ1) is 16.5. The number of benzene rings is 3. The van der Waals surface area contributed by atoms with Crippen molar-refractivity contribution < 1.29 is 9.18 Å². The summed E-state index contributed by atoms with van der Waals surface area (Å²) in [5, 5.41) is 2.09. The highest BCUT2D eigenvalue weighted by Gasteiger charge is 2.19. The third-order valence-electron chi connectivity index (χ3n) is 5.39. The van der Waals surface area contributed by atoms with Crippen LogP contribution in [0.4, 0.5) is 10.1 Å². The number of anilines is 1. The maximum Gasteiger partial charge on any atom is 0.258 e. The Kier molecular flexibility index (Phi) is 9.33. The van der Waals surface area contributed by atoms with E-state index >= 15 is 0 Å². The highest BCUT2D eigenvalue weighted by molar-refractivity contribution is 6.08. The first-order valence-electron chi connectivity index (χ1n) is 12.1. The number of fused-ring (bicyclic) bond motifs is 1. The number of unbranched alkanes of at least 4 members (excludes halogenated alkanes) is 1.